The molecule has 2 aromatic rings. The van der Waals surface area contributed by atoms with E-state index < -0.39 is 30.6 Å². The molecule has 0 aromatic carbocycles. The van der Waals surface area contributed by atoms with Crippen LogP contribution in [0.3, 0.4) is 0 Å². The number of nitrogens with two attached hydrogens (primary N) is 1. The third-order valence-electron chi connectivity index (χ3n) is 3.66. The number of aliphatic hydroxyl groups is 2. The van der Waals surface area contributed by atoms with Crippen molar-refractivity contribution in [2.24, 2.45) is 0 Å². The van der Waals surface area contributed by atoms with Gasteiger partial charge in [0.15, 0.2) is 23.2 Å². The summed E-state index contributed by atoms with van der Waals surface area (Å²) in [6.45, 7) is 1.31. The molecule has 10 nitrogen and oxygen atoms in total. The number of rotatable bonds is 4. The van der Waals surface area contributed by atoms with Gasteiger partial charge in [-0.1, -0.05) is 0 Å². The monoisotopic (exact) mass is 397 g/mol. The van der Waals surface area contributed by atoms with E-state index >= 15 is 0 Å². The van der Waals surface area contributed by atoms with Crippen molar-refractivity contribution in [3.63, 3.8) is 0 Å². The van der Waals surface area contributed by atoms with Crippen LogP contribution in [0.5, 0.6) is 0 Å². The van der Waals surface area contributed by atoms with Crippen molar-refractivity contribution in [3.8, 4) is 0 Å². The largest absolute Gasteiger partial charge is 0.387 e. The lowest BCUT2D eigenvalue weighted by Crippen LogP contribution is -2.33. The summed E-state index contributed by atoms with van der Waals surface area (Å²) in [5, 5.41) is 20.4. The minimum Gasteiger partial charge on any atom is -0.387 e. The highest BCUT2D eigenvalue weighted by Crippen LogP contribution is 2.57. The van der Waals surface area contributed by atoms with E-state index in [2.05, 4.69) is 15.0 Å². The molecule has 0 radical (unpaired) electrons. The van der Waals surface area contributed by atoms with E-state index in [9.17, 15) is 14.8 Å². The molecule has 4 atom stereocenters. The fourth-order valence-corrected chi connectivity index (χ4v) is 3.24. The molecular formula is C11H14Cl2N5O5P. The molecule has 132 valence electrons. The Hall–Kier alpha value is -1.00. The Morgan fingerprint density at radius 1 is 1.42 bits per heavy atom. The molecule has 4 N–H and O–H groups in total. The Morgan fingerprint density at radius 3 is 2.79 bits per heavy atom. The maximum absolute atomic E-state index is 11.2. The molecule has 1 aliphatic heterocycles. The van der Waals surface area contributed by atoms with Crippen LogP contribution in [0.2, 0.25) is 0 Å². The number of nitrogen functional groups attached to an aromatic ring is 1. The average molecular weight is 398 g/mol. The Kier molecular flexibility index (Phi) is 4.73. The lowest BCUT2D eigenvalue weighted by Gasteiger charge is -2.18. The van der Waals surface area contributed by atoms with E-state index in [1.54, 1.807) is 6.92 Å². The average Bonchev–Trinajstić information content (AvgIpc) is 2.96. The lowest BCUT2D eigenvalue weighted by molar-refractivity contribution is -0.0474. The molecule has 3 rings (SSSR count). The van der Waals surface area contributed by atoms with E-state index in [0.717, 1.165) is 0 Å². The molecule has 1 saturated heterocycles. The van der Waals surface area contributed by atoms with Crippen molar-refractivity contribution in [1.29, 1.82) is 0 Å². The molecule has 13 heteroatoms. The summed E-state index contributed by atoms with van der Waals surface area (Å²) >= 11 is 10.6. The number of hydrogen-bond donors (Lipinski definition) is 3. The van der Waals surface area contributed by atoms with Crippen LogP contribution >= 0.6 is 28.6 Å². The van der Waals surface area contributed by atoms with Crippen molar-refractivity contribution in [2.75, 3.05) is 12.3 Å². The van der Waals surface area contributed by atoms with Gasteiger partial charge in [0.05, 0.1) is 6.61 Å². The minimum absolute atomic E-state index is 0.181. The molecule has 2 aromatic heterocycles. The van der Waals surface area contributed by atoms with Gasteiger partial charge in [0, 0.05) is 0 Å². The van der Waals surface area contributed by atoms with Gasteiger partial charge in [0.2, 0.25) is 0 Å². The molecule has 3 heterocycles. The number of fused-ring (bicyclic) bond motifs is 1. The molecule has 0 amide bonds. The second kappa shape index (κ2) is 6.38. The number of ether oxygens (including phenoxy) is 1. The first kappa shape index (κ1) is 17.8. The molecule has 1 fully saturated rings. The van der Waals surface area contributed by atoms with Crippen LogP contribution in [-0.2, 0) is 13.8 Å². The van der Waals surface area contributed by atoms with Gasteiger partial charge in [0.25, 0.3) is 0 Å². The summed E-state index contributed by atoms with van der Waals surface area (Å²) in [5.74, 6) is 0.635. The fourth-order valence-electron chi connectivity index (χ4n) is 2.58. The summed E-state index contributed by atoms with van der Waals surface area (Å²) in [4.78, 5) is 12.2. The number of aliphatic hydroxyl groups excluding tert-OH is 2. The standard InChI is InChI=1S/C11H14Cl2N5O5P/c1-4-17-6-9(14)15-3-16-10(6)18(4)11-8(20)7(19)5(23-11)2-22-24(12,13)21/h3,5,7-8,11,19-20H,2H2,1H3,(H2,14,15,16)/t5-,7+,8?,11-/m1/s1. The fraction of sp³-hybridized carbons (Fsp3) is 0.545. The molecule has 1 aliphatic rings. The third-order valence-corrected chi connectivity index (χ3v) is 4.70. The van der Waals surface area contributed by atoms with Crippen LogP contribution in [0.1, 0.15) is 12.1 Å². The van der Waals surface area contributed by atoms with Crippen LogP contribution in [0, 0.1) is 6.92 Å². The number of imidazole rings is 1. The van der Waals surface area contributed by atoms with E-state index in [-0.39, 0.29) is 12.4 Å². The van der Waals surface area contributed by atoms with Crippen molar-refractivity contribution in [2.45, 2.75) is 31.5 Å². The third kappa shape index (κ3) is 3.23. The zero-order chi connectivity index (χ0) is 17.6. The molecule has 1 unspecified atom stereocenters. The molecule has 24 heavy (non-hydrogen) atoms. The van der Waals surface area contributed by atoms with E-state index in [4.69, 9.17) is 37.5 Å². The zero-order valence-electron chi connectivity index (χ0n) is 12.3. The highest BCUT2D eigenvalue weighted by Gasteiger charge is 2.45. The molecule has 0 aliphatic carbocycles. The number of nitrogens with zero attached hydrogens (tertiary/aromatic N) is 4. The van der Waals surface area contributed by atoms with Gasteiger partial charge in [-0.2, -0.15) is 0 Å². The normalized spacial score (nSPS) is 27.9. The number of anilines is 1. The van der Waals surface area contributed by atoms with Crippen LogP contribution in [0.4, 0.5) is 5.82 Å². The maximum atomic E-state index is 11.2. The Balaban J connectivity index is 1.92. The smallest absolute Gasteiger partial charge is 0.380 e. The van der Waals surface area contributed by atoms with Gasteiger partial charge in [-0.25, -0.2) is 15.0 Å². The van der Waals surface area contributed by atoms with E-state index in [1.165, 1.54) is 10.9 Å². The highest BCUT2D eigenvalue weighted by molar-refractivity contribution is 8.05. The summed E-state index contributed by atoms with van der Waals surface area (Å²) in [6.07, 6.45) is -7.15. The van der Waals surface area contributed by atoms with Gasteiger partial charge in [-0.3, -0.25) is 9.13 Å². The number of aromatic nitrogens is 4. The van der Waals surface area contributed by atoms with Gasteiger partial charge >= 0.3 is 6.07 Å². The predicted molar refractivity (Wildman–Crippen MR) is 85.7 cm³/mol. The molecule has 0 saturated carbocycles. The maximum Gasteiger partial charge on any atom is 0.380 e. The molecule has 0 bridgehead atoms. The zero-order valence-corrected chi connectivity index (χ0v) is 14.7. The summed E-state index contributed by atoms with van der Waals surface area (Å²) < 4.78 is 23.1. The molecular weight excluding hydrogens is 384 g/mol. The van der Waals surface area contributed by atoms with Crippen LogP contribution < -0.4 is 5.73 Å². The van der Waals surface area contributed by atoms with E-state index in [1.807, 2.05) is 0 Å². The number of aryl methyl sites for hydroxylation is 1. The predicted octanol–water partition coefficient (Wildman–Crippen LogP) is 0.938. The number of halogens is 2. The van der Waals surface area contributed by atoms with Gasteiger partial charge in [0.1, 0.15) is 30.5 Å². The van der Waals surface area contributed by atoms with Crippen molar-refractivity contribution >= 4 is 45.5 Å². The first-order valence-corrected chi connectivity index (χ1v) is 10.2. The minimum atomic E-state index is -3.78. The quantitative estimate of drug-likeness (QED) is 0.641. The summed E-state index contributed by atoms with van der Waals surface area (Å²) in [6, 6.07) is 0. The first-order valence-electron chi connectivity index (χ1n) is 6.79. The molecule has 0 spiro atoms. The van der Waals surface area contributed by atoms with Crippen LogP contribution in [-0.4, -0.2) is 54.7 Å². The van der Waals surface area contributed by atoms with Gasteiger partial charge in [-0.15, -0.1) is 0 Å². The Labute approximate surface area is 145 Å². The Morgan fingerprint density at radius 2 is 2.12 bits per heavy atom. The summed E-state index contributed by atoms with van der Waals surface area (Å²) in [7, 11) is 0. The lowest BCUT2D eigenvalue weighted by atomic mass is 10.1. The Bertz CT molecular complexity index is 813. The van der Waals surface area contributed by atoms with Crippen molar-refractivity contribution in [1.82, 2.24) is 19.5 Å². The van der Waals surface area contributed by atoms with Crippen LogP contribution in [0.25, 0.3) is 11.2 Å². The summed E-state index contributed by atoms with van der Waals surface area (Å²) in [5.41, 5.74) is 6.46. The first-order chi connectivity index (χ1) is 11.2. The highest BCUT2D eigenvalue weighted by atomic mass is 35.9. The second-order valence-electron chi connectivity index (χ2n) is 5.22. The topological polar surface area (TPSA) is 146 Å². The second-order valence-corrected chi connectivity index (χ2v) is 9.49. The number of hydrogen-bond acceptors (Lipinski definition) is 9. The SMILES string of the molecule is Cc1nc2c(N)ncnc2n1[C@@H]1O[C@H](COP(=O)(Cl)Cl)[C@H](O)C1O. The van der Waals surface area contributed by atoms with Crippen LogP contribution in [0.15, 0.2) is 6.33 Å². The van der Waals surface area contributed by atoms with Gasteiger partial charge < -0.3 is 25.2 Å². The van der Waals surface area contributed by atoms with Gasteiger partial charge in [-0.05, 0) is 29.4 Å². The van der Waals surface area contributed by atoms with Crippen molar-refractivity contribution in [3.05, 3.63) is 12.2 Å². The van der Waals surface area contributed by atoms with Crippen molar-refractivity contribution < 1.29 is 24.0 Å². The van der Waals surface area contributed by atoms with E-state index in [0.29, 0.717) is 17.0 Å².